The van der Waals surface area contributed by atoms with E-state index < -0.39 is 11.8 Å². The average molecular weight is 263 g/mol. The summed E-state index contributed by atoms with van der Waals surface area (Å²) in [6, 6.07) is 6.02. The number of hydrogen-bond acceptors (Lipinski definition) is 3. The molecule has 0 spiro atoms. The average Bonchev–Trinajstić information content (AvgIpc) is 2.35. The third-order valence-corrected chi connectivity index (χ3v) is 2.27. The number of hydrogen-bond donors (Lipinski definition) is 3. The minimum atomic E-state index is -0.604. The van der Waals surface area contributed by atoms with E-state index in [9.17, 15) is 14.4 Å². The first-order valence-electron chi connectivity index (χ1n) is 5.87. The van der Waals surface area contributed by atoms with Crippen molar-refractivity contribution in [3.05, 3.63) is 35.4 Å². The molecule has 4 N–H and O–H groups in total. The lowest BCUT2D eigenvalue weighted by Crippen LogP contribution is -2.39. The maximum atomic E-state index is 11.8. The lowest BCUT2D eigenvalue weighted by molar-refractivity contribution is -0.120. The molecule has 1 rings (SSSR count). The number of nitrogens with two attached hydrogens (primary N) is 1. The Balaban J connectivity index is 2.61. The molecular formula is C13H17N3O3. The molecule has 0 saturated carbocycles. The van der Waals surface area contributed by atoms with E-state index in [-0.39, 0.29) is 29.6 Å². The molecule has 19 heavy (non-hydrogen) atoms. The highest BCUT2D eigenvalue weighted by molar-refractivity contribution is 6.00. The van der Waals surface area contributed by atoms with E-state index in [1.165, 1.54) is 12.1 Å². The Labute approximate surface area is 111 Å². The van der Waals surface area contributed by atoms with E-state index in [4.69, 9.17) is 5.73 Å². The molecule has 6 nitrogen and oxygen atoms in total. The molecular weight excluding hydrogens is 246 g/mol. The largest absolute Gasteiger partial charge is 0.366 e. The van der Waals surface area contributed by atoms with Crippen molar-refractivity contribution in [3.8, 4) is 0 Å². The lowest BCUT2D eigenvalue weighted by Gasteiger charge is -2.09. The number of carbonyl (C=O) groups is 3. The van der Waals surface area contributed by atoms with Gasteiger partial charge in [-0.2, -0.15) is 0 Å². The molecule has 0 bridgehead atoms. The summed E-state index contributed by atoms with van der Waals surface area (Å²) in [5.41, 5.74) is 5.66. The molecule has 0 atom stereocenters. The predicted octanol–water partition coefficient (Wildman–Crippen LogP) is 0.0399. The number of nitrogens with one attached hydrogen (secondary N) is 2. The van der Waals surface area contributed by atoms with Crippen LogP contribution in [0.15, 0.2) is 24.3 Å². The van der Waals surface area contributed by atoms with E-state index in [0.29, 0.717) is 0 Å². The first-order chi connectivity index (χ1) is 8.90. The summed E-state index contributed by atoms with van der Waals surface area (Å²) in [4.78, 5) is 34.1. The third kappa shape index (κ3) is 4.79. The van der Waals surface area contributed by atoms with E-state index in [2.05, 4.69) is 10.6 Å². The van der Waals surface area contributed by atoms with Gasteiger partial charge in [0.25, 0.3) is 5.91 Å². The molecule has 0 heterocycles. The Kier molecular flexibility index (Phi) is 5.05. The fourth-order valence-corrected chi connectivity index (χ4v) is 1.45. The van der Waals surface area contributed by atoms with Gasteiger partial charge in [0.2, 0.25) is 11.8 Å². The fraction of sp³-hybridized carbons (Fsp3) is 0.308. The molecule has 0 aromatic heterocycles. The molecule has 1 aromatic rings. The van der Waals surface area contributed by atoms with Crippen molar-refractivity contribution >= 4 is 17.7 Å². The first kappa shape index (κ1) is 14.7. The van der Waals surface area contributed by atoms with Crippen molar-refractivity contribution in [1.29, 1.82) is 0 Å². The zero-order chi connectivity index (χ0) is 14.4. The smallest absolute Gasteiger partial charge is 0.251 e. The maximum Gasteiger partial charge on any atom is 0.251 e. The number of amides is 3. The minimum Gasteiger partial charge on any atom is -0.366 e. The van der Waals surface area contributed by atoms with Crippen LogP contribution >= 0.6 is 0 Å². The first-order valence-corrected chi connectivity index (χ1v) is 5.87. The summed E-state index contributed by atoms with van der Waals surface area (Å²) in [6.07, 6.45) is 0. The SMILES string of the molecule is CC(C)NC(=O)CNC(=O)c1cccc(C(N)=O)c1. The van der Waals surface area contributed by atoms with Crippen molar-refractivity contribution in [2.24, 2.45) is 5.73 Å². The number of primary amides is 1. The Morgan fingerprint density at radius 2 is 1.84 bits per heavy atom. The van der Waals surface area contributed by atoms with Gasteiger partial charge in [-0.3, -0.25) is 14.4 Å². The normalized spacial score (nSPS) is 10.1. The summed E-state index contributed by atoms with van der Waals surface area (Å²) < 4.78 is 0. The highest BCUT2D eigenvalue weighted by atomic mass is 16.2. The Morgan fingerprint density at radius 3 is 2.42 bits per heavy atom. The second kappa shape index (κ2) is 6.53. The summed E-state index contributed by atoms with van der Waals surface area (Å²) in [5, 5.41) is 5.12. The summed E-state index contributed by atoms with van der Waals surface area (Å²) in [5.74, 6) is -1.30. The lowest BCUT2D eigenvalue weighted by atomic mass is 10.1. The van der Waals surface area contributed by atoms with Crippen LogP contribution in [0.25, 0.3) is 0 Å². The van der Waals surface area contributed by atoms with Crippen LogP contribution in [-0.4, -0.2) is 30.3 Å². The quantitative estimate of drug-likeness (QED) is 0.699. The van der Waals surface area contributed by atoms with Gasteiger partial charge >= 0.3 is 0 Å². The molecule has 0 saturated heterocycles. The molecule has 0 unspecified atom stereocenters. The second-order valence-electron chi connectivity index (χ2n) is 4.35. The summed E-state index contributed by atoms with van der Waals surface area (Å²) in [7, 11) is 0. The van der Waals surface area contributed by atoms with Gasteiger partial charge in [0.05, 0.1) is 6.54 Å². The van der Waals surface area contributed by atoms with Gasteiger partial charge in [-0.15, -0.1) is 0 Å². The molecule has 0 aliphatic carbocycles. The molecule has 3 amide bonds. The highest BCUT2D eigenvalue weighted by Gasteiger charge is 2.10. The standard InChI is InChI=1S/C13H17N3O3/c1-8(2)16-11(17)7-15-13(19)10-5-3-4-9(6-10)12(14)18/h3-6,8H,7H2,1-2H3,(H2,14,18)(H,15,19)(H,16,17). The van der Waals surface area contributed by atoms with Gasteiger partial charge < -0.3 is 16.4 Å². The van der Waals surface area contributed by atoms with E-state index in [1.807, 2.05) is 13.8 Å². The fourth-order valence-electron chi connectivity index (χ4n) is 1.45. The molecule has 0 aliphatic rings. The van der Waals surface area contributed by atoms with Crippen molar-refractivity contribution in [2.75, 3.05) is 6.54 Å². The summed E-state index contributed by atoms with van der Waals surface area (Å²) >= 11 is 0. The molecule has 1 aromatic carbocycles. The van der Waals surface area contributed by atoms with Crippen molar-refractivity contribution in [1.82, 2.24) is 10.6 Å². The van der Waals surface area contributed by atoms with Crippen LogP contribution < -0.4 is 16.4 Å². The van der Waals surface area contributed by atoms with Crippen LogP contribution in [0.5, 0.6) is 0 Å². The maximum absolute atomic E-state index is 11.8. The Hall–Kier alpha value is -2.37. The number of rotatable bonds is 5. The number of benzene rings is 1. The van der Waals surface area contributed by atoms with Crippen molar-refractivity contribution in [2.45, 2.75) is 19.9 Å². The van der Waals surface area contributed by atoms with Crippen LogP contribution in [0.1, 0.15) is 34.6 Å². The van der Waals surface area contributed by atoms with Crippen LogP contribution in [0.3, 0.4) is 0 Å². The van der Waals surface area contributed by atoms with Crippen LogP contribution in [0, 0.1) is 0 Å². The molecule has 0 radical (unpaired) electrons. The van der Waals surface area contributed by atoms with Crippen LogP contribution in [0.4, 0.5) is 0 Å². The van der Waals surface area contributed by atoms with Gasteiger partial charge in [-0.05, 0) is 32.0 Å². The molecule has 0 fully saturated rings. The zero-order valence-electron chi connectivity index (χ0n) is 10.9. The van der Waals surface area contributed by atoms with Gasteiger partial charge in [-0.1, -0.05) is 6.07 Å². The Morgan fingerprint density at radius 1 is 1.21 bits per heavy atom. The van der Waals surface area contributed by atoms with Crippen LogP contribution in [-0.2, 0) is 4.79 Å². The molecule has 6 heteroatoms. The third-order valence-electron chi connectivity index (χ3n) is 2.27. The summed E-state index contributed by atoms with van der Waals surface area (Å²) in [6.45, 7) is 3.55. The topological polar surface area (TPSA) is 101 Å². The van der Waals surface area contributed by atoms with Gasteiger partial charge in [0.1, 0.15) is 0 Å². The molecule has 102 valence electrons. The van der Waals surface area contributed by atoms with E-state index >= 15 is 0 Å². The second-order valence-corrected chi connectivity index (χ2v) is 4.35. The molecule has 0 aliphatic heterocycles. The van der Waals surface area contributed by atoms with Crippen molar-refractivity contribution in [3.63, 3.8) is 0 Å². The Bertz CT molecular complexity index is 498. The van der Waals surface area contributed by atoms with E-state index in [0.717, 1.165) is 0 Å². The van der Waals surface area contributed by atoms with Gasteiger partial charge in [0, 0.05) is 17.2 Å². The van der Waals surface area contributed by atoms with E-state index in [1.54, 1.807) is 12.1 Å². The monoisotopic (exact) mass is 263 g/mol. The zero-order valence-corrected chi connectivity index (χ0v) is 10.9. The highest BCUT2D eigenvalue weighted by Crippen LogP contribution is 2.04. The van der Waals surface area contributed by atoms with Crippen LogP contribution in [0.2, 0.25) is 0 Å². The van der Waals surface area contributed by atoms with Gasteiger partial charge in [-0.25, -0.2) is 0 Å². The number of carbonyl (C=O) groups excluding carboxylic acids is 3. The van der Waals surface area contributed by atoms with Gasteiger partial charge in [0.15, 0.2) is 0 Å². The minimum absolute atomic E-state index is 0.0163. The predicted molar refractivity (Wildman–Crippen MR) is 70.6 cm³/mol. The van der Waals surface area contributed by atoms with Crippen molar-refractivity contribution < 1.29 is 14.4 Å².